The summed E-state index contributed by atoms with van der Waals surface area (Å²) in [4.78, 5) is 0. The van der Waals surface area contributed by atoms with E-state index in [1.807, 2.05) is 18.2 Å². The Kier molecular flexibility index (Phi) is 5.04. The van der Waals surface area contributed by atoms with Crippen LogP contribution in [-0.2, 0) is 0 Å². The van der Waals surface area contributed by atoms with Gasteiger partial charge in [-0.15, -0.1) is 6.58 Å². The summed E-state index contributed by atoms with van der Waals surface area (Å²) in [6.45, 7) is 7.94. The van der Waals surface area contributed by atoms with Crippen LogP contribution in [0.4, 0.5) is 0 Å². The van der Waals surface area contributed by atoms with E-state index < -0.39 is 0 Å². The fourth-order valence-electron chi connectivity index (χ4n) is 1.80. The molecule has 94 valence electrons. The standard InChI is InChI=1S/C14H21NO2/c1-5-6-10(2)15-11(3)12-7-8-13(16)14(9-12)17-4/h5,7-11,15-16H,1,6H2,2-4H3. The highest BCUT2D eigenvalue weighted by molar-refractivity contribution is 5.42. The maximum Gasteiger partial charge on any atom is 0.160 e. The minimum Gasteiger partial charge on any atom is -0.504 e. The molecule has 2 unspecified atom stereocenters. The van der Waals surface area contributed by atoms with Gasteiger partial charge in [0.1, 0.15) is 0 Å². The smallest absolute Gasteiger partial charge is 0.160 e. The highest BCUT2D eigenvalue weighted by Crippen LogP contribution is 2.28. The van der Waals surface area contributed by atoms with Gasteiger partial charge in [-0.1, -0.05) is 12.1 Å². The van der Waals surface area contributed by atoms with Gasteiger partial charge in [0.15, 0.2) is 11.5 Å². The van der Waals surface area contributed by atoms with Crippen molar-refractivity contribution in [1.29, 1.82) is 0 Å². The van der Waals surface area contributed by atoms with Crippen molar-refractivity contribution >= 4 is 0 Å². The van der Waals surface area contributed by atoms with Crippen LogP contribution < -0.4 is 10.1 Å². The molecule has 17 heavy (non-hydrogen) atoms. The number of phenols is 1. The summed E-state index contributed by atoms with van der Waals surface area (Å²) in [5, 5.41) is 13.0. The molecule has 0 spiro atoms. The fraction of sp³-hybridized carbons (Fsp3) is 0.429. The quantitative estimate of drug-likeness (QED) is 0.745. The summed E-state index contributed by atoms with van der Waals surface area (Å²) >= 11 is 0. The van der Waals surface area contributed by atoms with E-state index in [-0.39, 0.29) is 11.8 Å². The molecule has 3 nitrogen and oxygen atoms in total. The average Bonchev–Trinajstić information content (AvgIpc) is 2.29. The maximum absolute atomic E-state index is 9.52. The van der Waals surface area contributed by atoms with Crippen LogP contribution in [0, 0.1) is 0 Å². The van der Waals surface area contributed by atoms with Crippen molar-refractivity contribution in [3.05, 3.63) is 36.4 Å². The van der Waals surface area contributed by atoms with Crippen molar-refractivity contribution in [3.8, 4) is 11.5 Å². The highest BCUT2D eigenvalue weighted by Gasteiger charge is 2.11. The molecule has 0 saturated heterocycles. The second-order valence-corrected chi connectivity index (χ2v) is 4.25. The number of aromatic hydroxyl groups is 1. The summed E-state index contributed by atoms with van der Waals surface area (Å²) in [7, 11) is 1.55. The molecule has 0 heterocycles. The third-order valence-electron chi connectivity index (χ3n) is 2.76. The summed E-state index contributed by atoms with van der Waals surface area (Å²) in [5.74, 6) is 0.676. The SMILES string of the molecule is C=CCC(C)NC(C)c1ccc(O)c(OC)c1. The number of benzene rings is 1. The Labute approximate surface area is 103 Å². The second kappa shape index (κ2) is 6.30. The molecular weight excluding hydrogens is 214 g/mol. The monoisotopic (exact) mass is 235 g/mol. The first-order valence-corrected chi connectivity index (χ1v) is 5.82. The first-order valence-electron chi connectivity index (χ1n) is 5.82. The molecule has 2 N–H and O–H groups in total. The molecule has 0 aliphatic carbocycles. The van der Waals surface area contributed by atoms with Gasteiger partial charge in [-0.3, -0.25) is 0 Å². The molecule has 0 aromatic heterocycles. The molecule has 0 bridgehead atoms. The molecule has 0 radical (unpaired) electrons. The van der Waals surface area contributed by atoms with E-state index >= 15 is 0 Å². The van der Waals surface area contributed by atoms with Gasteiger partial charge < -0.3 is 15.2 Å². The van der Waals surface area contributed by atoms with E-state index in [0.717, 1.165) is 12.0 Å². The van der Waals surface area contributed by atoms with Crippen molar-refractivity contribution in [1.82, 2.24) is 5.32 Å². The summed E-state index contributed by atoms with van der Waals surface area (Å²) in [5.41, 5.74) is 1.09. The van der Waals surface area contributed by atoms with Crippen LogP contribution in [0.25, 0.3) is 0 Å². The number of hydrogen-bond donors (Lipinski definition) is 2. The van der Waals surface area contributed by atoms with Crippen molar-refractivity contribution in [2.75, 3.05) is 7.11 Å². The molecule has 2 atom stereocenters. The molecule has 0 aliphatic heterocycles. The zero-order valence-electron chi connectivity index (χ0n) is 10.7. The molecule has 3 heteroatoms. The minimum absolute atomic E-state index is 0.169. The van der Waals surface area contributed by atoms with Crippen LogP contribution in [0.15, 0.2) is 30.9 Å². The predicted octanol–water partition coefficient (Wildman–Crippen LogP) is 3.02. The fourth-order valence-corrected chi connectivity index (χ4v) is 1.80. The molecule has 1 rings (SSSR count). The molecule has 0 fully saturated rings. The molecule has 1 aromatic rings. The zero-order chi connectivity index (χ0) is 12.8. The lowest BCUT2D eigenvalue weighted by Gasteiger charge is -2.20. The lowest BCUT2D eigenvalue weighted by Crippen LogP contribution is -2.28. The Morgan fingerprint density at radius 2 is 2.18 bits per heavy atom. The summed E-state index contributed by atoms with van der Waals surface area (Å²) in [6, 6.07) is 6.00. The lowest BCUT2D eigenvalue weighted by atomic mass is 10.1. The van der Waals surface area contributed by atoms with Gasteiger partial charge in [0.05, 0.1) is 7.11 Å². The second-order valence-electron chi connectivity index (χ2n) is 4.25. The van der Waals surface area contributed by atoms with Crippen LogP contribution >= 0.6 is 0 Å². The van der Waals surface area contributed by atoms with Gasteiger partial charge in [-0.05, 0) is 38.0 Å². The lowest BCUT2D eigenvalue weighted by molar-refractivity contribution is 0.371. The Bertz CT molecular complexity index is 376. The third-order valence-corrected chi connectivity index (χ3v) is 2.76. The Hall–Kier alpha value is -1.48. The van der Waals surface area contributed by atoms with Crippen molar-refractivity contribution in [2.45, 2.75) is 32.4 Å². The number of rotatable bonds is 6. The number of phenolic OH excluding ortho intramolecular Hbond substituents is 1. The first kappa shape index (κ1) is 13.6. The topological polar surface area (TPSA) is 41.5 Å². The molecule has 0 saturated carbocycles. The van der Waals surface area contributed by atoms with E-state index in [9.17, 15) is 5.11 Å². The molecule has 0 amide bonds. The molecular formula is C14H21NO2. The van der Waals surface area contributed by atoms with E-state index in [1.54, 1.807) is 13.2 Å². The first-order chi connectivity index (χ1) is 8.08. The van der Waals surface area contributed by atoms with Crippen LogP contribution in [0.2, 0.25) is 0 Å². The maximum atomic E-state index is 9.52. The summed E-state index contributed by atoms with van der Waals surface area (Å²) < 4.78 is 5.09. The Balaban J connectivity index is 2.74. The van der Waals surface area contributed by atoms with Crippen LogP contribution in [0.3, 0.4) is 0 Å². The van der Waals surface area contributed by atoms with E-state index in [0.29, 0.717) is 11.8 Å². The van der Waals surface area contributed by atoms with E-state index in [4.69, 9.17) is 4.74 Å². The average molecular weight is 235 g/mol. The Morgan fingerprint density at radius 3 is 2.76 bits per heavy atom. The van der Waals surface area contributed by atoms with Crippen LogP contribution in [0.5, 0.6) is 11.5 Å². The molecule has 1 aromatic carbocycles. The number of ether oxygens (including phenoxy) is 1. The number of nitrogens with one attached hydrogen (secondary N) is 1. The third kappa shape index (κ3) is 3.79. The number of hydrogen-bond acceptors (Lipinski definition) is 3. The van der Waals surface area contributed by atoms with Gasteiger partial charge in [-0.2, -0.15) is 0 Å². The minimum atomic E-state index is 0.169. The van der Waals surface area contributed by atoms with Crippen molar-refractivity contribution < 1.29 is 9.84 Å². The highest BCUT2D eigenvalue weighted by atomic mass is 16.5. The molecule has 0 aliphatic rings. The van der Waals surface area contributed by atoms with Crippen molar-refractivity contribution in [2.24, 2.45) is 0 Å². The van der Waals surface area contributed by atoms with Gasteiger partial charge in [0.25, 0.3) is 0 Å². The normalized spacial score (nSPS) is 14.1. The van der Waals surface area contributed by atoms with Gasteiger partial charge in [0, 0.05) is 12.1 Å². The van der Waals surface area contributed by atoms with Gasteiger partial charge in [0.2, 0.25) is 0 Å². The predicted molar refractivity (Wildman–Crippen MR) is 70.5 cm³/mol. The van der Waals surface area contributed by atoms with E-state index in [2.05, 4.69) is 25.7 Å². The largest absolute Gasteiger partial charge is 0.504 e. The van der Waals surface area contributed by atoms with Crippen LogP contribution in [-0.4, -0.2) is 18.3 Å². The number of methoxy groups -OCH3 is 1. The van der Waals surface area contributed by atoms with Crippen LogP contribution in [0.1, 0.15) is 31.9 Å². The van der Waals surface area contributed by atoms with Gasteiger partial charge >= 0.3 is 0 Å². The van der Waals surface area contributed by atoms with Crippen molar-refractivity contribution in [3.63, 3.8) is 0 Å². The van der Waals surface area contributed by atoms with Gasteiger partial charge in [-0.25, -0.2) is 0 Å². The summed E-state index contributed by atoms with van der Waals surface area (Å²) in [6.07, 6.45) is 2.83. The zero-order valence-corrected chi connectivity index (χ0v) is 10.7. The Morgan fingerprint density at radius 1 is 1.47 bits per heavy atom. The van der Waals surface area contributed by atoms with E-state index in [1.165, 1.54) is 0 Å².